The topological polar surface area (TPSA) is 39.9 Å². The molecule has 0 saturated heterocycles. The van der Waals surface area contributed by atoms with E-state index in [0.29, 0.717) is 5.02 Å². The maximum absolute atomic E-state index is 6.11. The van der Waals surface area contributed by atoms with E-state index < -0.39 is 0 Å². The molecule has 26 heavy (non-hydrogen) atoms. The molecule has 0 radical (unpaired) electrons. The van der Waals surface area contributed by atoms with Crippen LogP contribution in [0.1, 0.15) is 0 Å². The Morgan fingerprint density at radius 3 is 2.54 bits per heavy atom. The summed E-state index contributed by atoms with van der Waals surface area (Å²) in [7, 11) is 0. The monoisotopic (exact) mass is 473 g/mol. The van der Waals surface area contributed by atoms with Crippen LogP contribution in [0.4, 0.5) is 0 Å². The SMILES string of the molecule is Clc1cccc(-c2cn(-c3cccc(I)c3Oc3ccccc3)nn2)c1. The highest BCUT2D eigenvalue weighted by Gasteiger charge is 2.14. The molecule has 0 aliphatic rings. The lowest BCUT2D eigenvalue weighted by molar-refractivity contribution is 0.474. The first-order chi connectivity index (χ1) is 12.7. The van der Waals surface area contributed by atoms with Crippen molar-refractivity contribution in [3.05, 3.63) is 87.6 Å². The smallest absolute Gasteiger partial charge is 0.166 e. The van der Waals surface area contributed by atoms with Gasteiger partial charge in [0.15, 0.2) is 5.75 Å². The highest BCUT2D eigenvalue weighted by Crippen LogP contribution is 2.33. The molecular formula is C20H13ClIN3O. The van der Waals surface area contributed by atoms with E-state index in [4.69, 9.17) is 16.3 Å². The van der Waals surface area contributed by atoms with Gasteiger partial charge >= 0.3 is 0 Å². The van der Waals surface area contributed by atoms with Crippen molar-refractivity contribution in [2.45, 2.75) is 0 Å². The number of ether oxygens (including phenoxy) is 1. The van der Waals surface area contributed by atoms with Crippen molar-refractivity contribution in [1.82, 2.24) is 15.0 Å². The van der Waals surface area contributed by atoms with Crippen LogP contribution in [0.15, 0.2) is 79.0 Å². The summed E-state index contributed by atoms with van der Waals surface area (Å²) in [5.41, 5.74) is 2.48. The van der Waals surface area contributed by atoms with Crippen LogP contribution in [0.25, 0.3) is 16.9 Å². The van der Waals surface area contributed by atoms with E-state index in [2.05, 4.69) is 32.9 Å². The summed E-state index contributed by atoms with van der Waals surface area (Å²) < 4.78 is 8.82. The Kier molecular flexibility index (Phi) is 4.90. The summed E-state index contributed by atoms with van der Waals surface area (Å²) in [5.74, 6) is 1.51. The Morgan fingerprint density at radius 1 is 0.923 bits per heavy atom. The summed E-state index contributed by atoms with van der Waals surface area (Å²) in [6.45, 7) is 0. The van der Waals surface area contributed by atoms with E-state index >= 15 is 0 Å². The van der Waals surface area contributed by atoms with E-state index in [1.165, 1.54) is 0 Å². The van der Waals surface area contributed by atoms with Gasteiger partial charge < -0.3 is 4.74 Å². The van der Waals surface area contributed by atoms with Crippen molar-refractivity contribution in [2.75, 3.05) is 0 Å². The van der Waals surface area contributed by atoms with E-state index in [1.54, 1.807) is 4.68 Å². The third-order valence-corrected chi connectivity index (χ3v) is 4.85. The molecule has 0 N–H and O–H groups in total. The van der Waals surface area contributed by atoms with Gasteiger partial charge in [-0.05, 0) is 59.0 Å². The van der Waals surface area contributed by atoms with Gasteiger partial charge in [0.1, 0.15) is 17.1 Å². The minimum absolute atomic E-state index is 0.666. The van der Waals surface area contributed by atoms with Gasteiger partial charge in [-0.25, -0.2) is 4.68 Å². The summed E-state index contributed by atoms with van der Waals surface area (Å²) in [4.78, 5) is 0. The molecule has 1 aromatic heterocycles. The molecule has 0 amide bonds. The molecule has 4 aromatic rings. The molecule has 0 atom stereocenters. The van der Waals surface area contributed by atoms with Crippen molar-refractivity contribution in [3.8, 4) is 28.4 Å². The first-order valence-electron chi connectivity index (χ1n) is 7.91. The fourth-order valence-electron chi connectivity index (χ4n) is 2.55. The molecule has 4 rings (SSSR count). The Morgan fingerprint density at radius 2 is 1.73 bits per heavy atom. The molecule has 0 aliphatic heterocycles. The molecule has 0 fully saturated rings. The molecular weight excluding hydrogens is 461 g/mol. The zero-order valence-corrected chi connectivity index (χ0v) is 16.4. The molecule has 1 heterocycles. The van der Waals surface area contributed by atoms with Crippen molar-refractivity contribution >= 4 is 34.2 Å². The Hall–Kier alpha value is -2.38. The van der Waals surface area contributed by atoms with Gasteiger partial charge in [0.25, 0.3) is 0 Å². The number of para-hydroxylation sites is 2. The normalized spacial score (nSPS) is 10.7. The fourth-order valence-corrected chi connectivity index (χ4v) is 3.33. The lowest BCUT2D eigenvalue weighted by Crippen LogP contribution is -2.00. The van der Waals surface area contributed by atoms with Crippen LogP contribution in [-0.4, -0.2) is 15.0 Å². The van der Waals surface area contributed by atoms with Crippen LogP contribution >= 0.6 is 34.2 Å². The maximum atomic E-state index is 6.11. The summed E-state index contributed by atoms with van der Waals surface area (Å²) in [6.07, 6.45) is 1.87. The second-order valence-electron chi connectivity index (χ2n) is 5.56. The number of benzene rings is 3. The molecule has 4 nitrogen and oxygen atoms in total. The Bertz CT molecular complexity index is 1050. The number of halogens is 2. The van der Waals surface area contributed by atoms with Crippen molar-refractivity contribution in [1.29, 1.82) is 0 Å². The second-order valence-corrected chi connectivity index (χ2v) is 7.16. The third kappa shape index (κ3) is 3.59. The number of aromatic nitrogens is 3. The van der Waals surface area contributed by atoms with Crippen molar-refractivity contribution in [2.24, 2.45) is 0 Å². The molecule has 128 valence electrons. The first-order valence-corrected chi connectivity index (χ1v) is 9.36. The third-order valence-electron chi connectivity index (χ3n) is 3.77. The van der Waals surface area contributed by atoms with Crippen molar-refractivity contribution < 1.29 is 4.74 Å². The molecule has 0 aliphatic carbocycles. The molecule has 0 unspecified atom stereocenters. The van der Waals surface area contributed by atoms with Gasteiger partial charge in [0.05, 0.1) is 9.77 Å². The predicted octanol–water partition coefficient (Wildman–Crippen LogP) is 5.98. The van der Waals surface area contributed by atoms with Crippen LogP contribution in [0.5, 0.6) is 11.5 Å². The number of nitrogens with zero attached hydrogens (tertiary/aromatic N) is 3. The standard InChI is InChI=1S/C20H13ClIN3O/c21-15-7-4-6-14(12-15)18-13-25(24-23-18)19-11-5-10-17(22)20(19)26-16-8-2-1-3-9-16/h1-13H. The summed E-state index contributed by atoms with van der Waals surface area (Å²) in [6, 6.07) is 23.2. The molecule has 0 bridgehead atoms. The molecule has 0 saturated carbocycles. The lowest BCUT2D eigenvalue weighted by atomic mass is 10.2. The minimum atomic E-state index is 0.666. The van der Waals surface area contributed by atoms with E-state index in [1.807, 2.05) is 79.0 Å². The minimum Gasteiger partial charge on any atom is -0.454 e. The highest BCUT2D eigenvalue weighted by atomic mass is 127. The van der Waals surface area contributed by atoms with Gasteiger partial charge in [-0.1, -0.05) is 53.2 Å². The average molecular weight is 474 g/mol. The average Bonchev–Trinajstić information content (AvgIpc) is 3.14. The zero-order chi connectivity index (χ0) is 17.9. The second kappa shape index (κ2) is 7.47. The van der Waals surface area contributed by atoms with E-state index in [-0.39, 0.29) is 0 Å². The van der Waals surface area contributed by atoms with Crippen LogP contribution in [0.2, 0.25) is 5.02 Å². The van der Waals surface area contributed by atoms with Crippen molar-refractivity contribution in [3.63, 3.8) is 0 Å². The molecule has 0 spiro atoms. The van der Waals surface area contributed by atoms with Crippen LogP contribution < -0.4 is 4.74 Å². The van der Waals surface area contributed by atoms with Crippen LogP contribution in [0, 0.1) is 3.57 Å². The zero-order valence-electron chi connectivity index (χ0n) is 13.5. The van der Waals surface area contributed by atoms with Gasteiger partial charge in [-0.3, -0.25) is 0 Å². The number of hydrogen-bond acceptors (Lipinski definition) is 3. The van der Waals surface area contributed by atoms with Gasteiger partial charge in [0.2, 0.25) is 0 Å². The number of hydrogen-bond donors (Lipinski definition) is 0. The fraction of sp³-hybridized carbons (Fsp3) is 0. The first kappa shape index (κ1) is 17.1. The van der Waals surface area contributed by atoms with Gasteiger partial charge in [0, 0.05) is 10.6 Å². The highest BCUT2D eigenvalue weighted by molar-refractivity contribution is 14.1. The quantitative estimate of drug-likeness (QED) is 0.342. The lowest BCUT2D eigenvalue weighted by Gasteiger charge is -2.12. The van der Waals surface area contributed by atoms with E-state index in [0.717, 1.165) is 32.0 Å². The molecule has 3 aromatic carbocycles. The largest absolute Gasteiger partial charge is 0.454 e. The summed E-state index contributed by atoms with van der Waals surface area (Å²) in [5, 5.41) is 9.22. The Labute approximate surface area is 169 Å². The Balaban J connectivity index is 1.74. The van der Waals surface area contributed by atoms with E-state index in [9.17, 15) is 0 Å². The molecule has 6 heteroatoms. The number of rotatable bonds is 4. The maximum Gasteiger partial charge on any atom is 0.166 e. The van der Waals surface area contributed by atoms with Crippen LogP contribution in [-0.2, 0) is 0 Å². The van der Waals surface area contributed by atoms with Crippen LogP contribution in [0.3, 0.4) is 0 Å². The van der Waals surface area contributed by atoms with Gasteiger partial charge in [-0.2, -0.15) is 0 Å². The summed E-state index contributed by atoms with van der Waals surface area (Å²) >= 11 is 8.34. The predicted molar refractivity (Wildman–Crippen MR) is 111 cm³/mol. The van der Waals surface area contributed by atoms with Gasteiger partial charge in [-0.15, -0.1) is 5.10 Å².